The summed E-state index contributed by atoms with van der Waals surface area (Å²) < 4.78 is 34.3. The van der Waals surface area contributed by atoms with E-state index < -0.39 is 28.5 Å². The Balaban J connectivity index is 2.05. The van der Waals surface area contributed by atoms with E-state index in [-0.39, 0.29) is 17.3 Å². The van der Waals surface area contributed by atoms with Gasteiger partial charge >= 0.3 is 0 Å². The van der Waals surface area contributed by atoms with E-state index in [1.807, 2.05) is 38.1 Å². The number of hydrogen-bond acceptors (Lipinski definition) is 5. The molecule has 208 valence electrons. The number of sulfonamides is 1. The van der Waals surface area contributed by atoms with Crippen LogP contribution in [0.5, 0.6) is 5.75 Å². The summed E-state index contributed by atoms with van der Waals surface area (Å²) in [6.45, 7) is 5.64. The molecular weight excluding hydrogens is 514 g/mol. The number of rotatable bonds is 13. The van der Waals surface area contributed by atoms with Gasteiger partial charge in [0.1, 0.15) is 18.3 Å². The van der Waals surface area contributed by atoms with Crippen LogP contribution in [0.2, 0.25) is 0 Å². The van der Waals surface area contributed by atoms with E-state index in [4.69, 9.17) is 4.74 Å². The van der Waals surface area contributed by atoms with Crippen molar-refractivity contribution in [3.63, 3.8) is 0 Å². The van der Waals surface area contributed by atoms with Crippen LogP contribution in [0.15, 0.2) is 83.8 Å². The molecule has 0 heterocycles. The van der Waals surface area contributed by atoms with Crippen molar-refractivity contribution in [3.8, 4) is 5.75 Å². The Labute approximate surface area is 231 Å². The van der Waals surface area contributed by atoms with E-state index in [2.05, 4.69) is 5.32 Å². The molecule has 0 aromatic heterocycles. The van der Waals surface area contributed by atoms with Crippen LogP contribution in [0.1, 0.15) is 38.3 Å². The second kappa shape index (κ2) is 13.8. The molecule has 0 fully saturated rings. The van der Waals surface area contributed by atoms with E-state index >= 15 is 0 Å². The molecule has 0 aliphatic carbocycles. The van der Waals surface area contributed by atoms with E-state index in [0.29, 0.717) is 24.4 Å². The van der Waals surface area contributed by atoms with E-state index in [9.17, 15) is 18.0 Å². The molecule has 8 nitrogen and oxygen atoms in total. The normalized spacial score (nSPS) is 11.9. The predicted octanol–water partition coefficient (Wildman–Crippen LogP) is 4.40. The van der Waals surface area contributed by atoms with Gasteiger partial charge in [-0.1, -0.05) is 62.4 Å². The molecule has 1 atom stereocenters. The molecule has 1 N–H and O–H groups in total. The largest absolute Gasteiger partial charge is 0.497 e. The lowest BCUT2D eigenvalue weighted by molar-refractivity contribution is -0.139. The maximum absolute atomic E-state index is 14.0. The third-order valence-corrected chi connectivity index (χ3v) is 8.23. The molecule has 3 rings (SSSR count). The van der Waals surface area contributed by atoms with Crippen molar-refractivity contribution in [2.75, 3.05) is 24.5 Å². The Hall–Kier alpha value is -3.85. The van der Waals surface area contributed by atoms with Crippen LogP contribution >= 0.6 is 0 Å². The Morgan fingerprint density at radius 3 is 2.31 bits per heavy atom. The van der Waals surface area contributed by atoms with Gasteiger partial charge in [-0.25, -0.2) is 8.42 Å². The van der Waals surface area contributed by atoms with Gasteiger partial charge in [0.05, 0.1) is 17.7 Å². The summed E-state index contributed by atoms with van der Waals surface area (Å²) in [6.07, 6.45) is 1.33. The van der Waals surface area contributed by atoms with E-state index in [0.717, 1.165) is 21.9 Å². The Kier molecular flexibility index (Phi) is 10.5. The molecular formula is C30H37N3O5S. The molecule has 0 radical (unpaired) electrons. The Morgan fingerprint density at radius 2 is 1.64 bits per heavy atom. The number of benzene rings is 3. The number of methoxy groups -OCH3 is 1. The molecule has 39 heavy (non-hydrogen) atoms. The molecule has 0 aliphatic heterocycles. The van der Waals surface area contributed by atoms with Crippen molar-refractivity contribution in [3.05, 3.63) is 90.0 Å². The van der Waals surface area contributed by atoms with Crippen molar-refractivity contribution in [1.29, 1.82) is 0 Å². The highest BCUT2D eigenvalue weighted by atomic mass is 32.2. The number of anilines is 1. The monoisotopic (exact) mass is 551 g/mol. The summed E-state index contributed by atoms with van der Waals surface area (Å²) in [5, 5.41) is 2.85. The molecule has 0 saturated heterocycles. The summed E-state index contributed by atoms with van der Waals surface area (Å²) in [5.41, 5.74) is 1.98. The summed E-state index contributed by atoms with van der Waals surface area (Å²) in [6, 6.07) is 21.6. The van der Waals surface area contributed by atoms with Crippen LogP contribution in [-0.2, 0) is 32.6 Å². The summed E-state index contributed by atoms with van der Waals surface area (Å²) in [4.78, 5) is 28.5. The molecule has 3 aromatic rings. The number of carbonyl (C=O) groups excluding carboxylic acids is 2. The lowest BCUT2D eigenvalue weighted by Gasteiger charge is -2.32. The number of nitrogens with zero attached hydrogens (tertiary/aromatic N) is 2. The fraction of sp³-hybridized carbons (Fsp3) is 0.333. The number of carbonyl (C=O) groups is 2. The second-order valence-corrected chi connectivity index (χ2v) is 11.0. The minimum atomic E-state index is -4.09. The number of amides is 2. The standard InChI is InChI=1S/C30H37N3O5S/c1-5-19-31-30(35)23(3)32(21-24-13-12-15-26(20-24)38-4)29(34)22-33(28-18-11-10-14-25(28)6-2)39(36,37)27-16-8-7-9-17-27/h7-18,20,23H,5-6,19,21-22H2,1-4H3,(H,31,35)/t23-/m1/s1. The van der Waals surface area contributed by atoms with Crippen LogP contribution < -0.4 is 14.4 Å². The number of para-hydroxylation sites is 1. The van der Waals surface area contributed by atoms with Crippen LogP contribution in [-0.4, -0.2) is 51.4 Å². The molecule has 0 spiro atoms. The average molecular weight is 552 g/mol. The van der Waals surface area contributed by atoms with Crippen LogP contribution in [0, 0.1) is 0 Å². The maximum atomic E-state index is 14.0. The van der Waals surface area contributed by atoms with E-state index in [1.165, 1.54) is 17.0 Å². The highest BCUT2D eigenvalue weighted by Gasteiger charge is 2.33. The maximum Gasteiger partial charge on any atom is 0.264 e. The quantitative estimate of drug-likeness (QED) is 0.340. The smallest absolute Gasteiger partial charge is 0.264 e. The van der Waals surface area contributed by atoms with Gasteiger partial charge in [-0.15, -0.1) is 0 Å². The topological polar surface area (TPSA) is 96.0 Å². The first-order valence-electron chi connectivity index (χ1n) is 13.1. The second-order valence-electron chi connectivity index (χ2n) is 9.15. The van der Waals surface area contributed by atoms with Gasteiger partial charge in [-0.3, -0.25) is 13.9 Å². The molecule has 0 aliphatic rings. The first-order valence-corrected chi connectivity index (χ1v) is 14.5. The number of ether oxygens (including phenoxy) is 1. The zero-order valence-corrected chi connectivity index (χ0v) is 23.8. The van der Waals surface area contributed by atoms with Crippen LogP contribution in [0.25, 0.3) is 0 Å². The van der Waals surface area contributed by atoms with Crippen molar-refractivity contribution in [1.82, 2.24) is 10.2 Å². The van der Waals surface area contributed by atoms with Crippen molar-refractivity contribution >= 4 is 27.5 Å². The van der Waals surface area contributed by atoms with Crippen molar-refractivity contribution in [2.24, 2.45) is 0 Å². The number of aryl methyl sites for hydroxylation is 1. The van der Waals surface area contributed by atoms with Gasteiger partial charge in [-0.2, -0.15) is 0 Å². The Bertz CT molecular complexity index is 1360. The first kappa shape index (κ1) is 29.7. The minimum absolute atomic E-state index is 0.0804. The molecule has 2 amide bonds. The zero-order valence-electron chi connectivity index (χ0n) is 23.0. The van der Waals surface area contributed by atoms with Crippen molar-refractivity contribution < 1.29 is 22.7 Å². The fourth-order valence-corrected chi connectivity index (χ4v) is 5.71. The van der Waals surface area contributed by atoms with Gasteiger partial charge in [0, 0.05) is 13.1 Å². The molecule has 0 bridgehead atoms. The van der Waals surface area contributed by atoms with Gasteiger partial charge in [0.2, 0.25) is 11.8 Å². The zero-order chi connectivity index (χ0) is 28.4. The van der Waals surface area contributed by atoms with Gasteiger partial charge in [0.15, 0.2) is 0 Å². The van der Waals surface area contributed by atoms with Gasteiger partial charge in [0.25, 0.3) is 10.0 Å². The van der Waals surface area contributed by atoms with E-state index in [1.54, 1.807) is 56.5 Å². The van der Waals surface area contributed by atoms with Gasteiger partial charge in [-0.05, 0) is 61.2 Å². The summed E-state index contributed by atoms with van der Waals surface area (Å²) in [7, 11) is -2.54. The highest BCUT2D eigenvalue weighted by Crippen LogP contribution is 2.28. The Morgan fingerprint density at radius 1 is 0.949 bits per heavy atom. The number of nitrogens with one attached hydrogen (secondary N) is 1. The van der Waals surface area contributed by atoms with Crippen molar-refractivity contribution in [2.45, 2.75) is 51.1 Å². The molecule has 3 aromatic carbocycles. The molecule has 0 unspecified atom stereocenters. The highest BCUT2D eigenvalue weighted by molar-refractivity contribution is 7.92. The molecule has 0 saturated carbocycles. The predicted molar refractivity (Wildman–Crippen MR) is 153 cm³/mol. The lowest BCUT2D eigenvalue weighted by atomic mass is 10.1. The lowest BCUT2D eigenvalue weighted by Crippen LogP contribution is -2.51. The average Bonchev–Trinajstić information content (AvgIpc) is 2.97. The van der Waals surface area contributed by atoms with Crippen LogP contribution in [0.4, 0.5) is 5.69 Å². The molecule has 9 heteroatoms. The summed E-state index contributed by atoms with van der Waals surface area (Å²) in [5.74, 6) is -0.185. The fourth-order valence-electron chi connectivity index (χ4n) is 4.23. The third-order valence-electron chi connectivity index (χ3n) is 6.45. The SMILES string of the molecule is CCCNC(=O)[C@@H](C)N(Cc1cccc(OC)c1)C(=O)CN(c1ccccc1CC)S(=O)(=O)c1ccccc1. The number of hydrogen-bond donors (Lipinski definition) is 1. The minimum Gasteiger partial charge on any atom is -0.497 e. The first-order chi connectivity index (χ1) is 18.7. The summed E-state index contributed by atoms with van der Waals surface area (Å²) >= 11 is 0. The van der Waals surface area contributed by atoms with Gasteiger partial charge < -0.3 is 15.0 Å². The third kappa shape index (κ3) is 7.38. The van der Waals surface area contributed by atoms with Crippen LogP contribution in [0.3, 0.4) is 0 Å².